The van der Waals surface area contributed by atoms with Gasteiger partial charge in [0.15, 0.2) is 5.78 Å². The van der Waals surface area contributed by atoms with E-state index in [9.17, 15) is 4.79 Å². The lowest BCUT2D eigenvalue weighted by atomic mass is 9.98. The Hall–Kier alpha value is -2.59. The van der Waals surface area contributed by atoms with E-state index in [2.05, 4.69) is 19.0 Å². The van der Waals surface area contributed by atoms with Crippen LogP contribution < -0.4 is 9.47 Å². The molecule has 0 fully saturated rings. The first-order valence-electron chi connectivity index (χ1n) is 8.48. The fourth-order valence-corrected chi connectivity index (χ4v) is 2.71. The van der Waals surface area contributed by atoms with Crippen molar-refractivity contribution in [2.45, 2.75) is 6.42 Å². The maximum Gasteiger partial charge on any atom is 0.196 e. The van der Waals surface area contributed by atoms with Crippen molar-refractivity contribution < 1.29 is 14.3 Å². The number of hydrogen-bond donors (Lipinski definition) is 0. The van der Waals surface area contributed by atoms with E-state index in [0.29, 0.717) is 30.1 Å². The topological polar surface area (TPSA) is 38.8 Å². The standard InChI is InChI=1S/C21H23NO3/c1-22(2)12-5-13-24-18-10-8-16(9-11-18)14-17-15-25-20-7-4-3-6-19(20)21(17)23/h3-4,6-11,14H,5,12-13,15H2,1-2H3/b17-14+. The number of nitrogens with zero attached hydrogens (tertiary/aromatic N) is 1. The lowest BCUT2D eigenvalue weighted by Gasteiger charge is -2.18. The van der Waals surface area contributed by atoms with Gasteiger partial charge in [-0.2, -0.15) is 0 Å². The van der Waals surface area contributed by atoms with E-state index in [1.807, 2.05) is 48.5 Å². The maximum atomic E-state index is 12.5. The Balaban J connectivity index is 1.63. The molecule has 3 rings (SSSR count). The lowest BCUT2D eigenvalue weighted by Crippen LogP contribution is -2.18. The average molecular weight is 337 g/mol. The van der Waals surface area contributed by atoms with Crippen molar-refractivity contribution in [1.82, 2.24) is 4.90 Å². The Morgan fingerprint density at radius 2 is 1.88 bits per heavy atom. The Kier molecular flexibility index (Phi) is 5.51. The van der Waals surface area contributed by atoms with E-state index in [-0.39, 0.29) is 5.78 Å². The van der Waals surface area contributed by atoms with Gasteiger partial charge < -0.3 is 14.4 Å². The molecule has 0 radical (unpaired) electrons. The SMILES string of the molecule is CN(C)CCCOc1ccc(/C=C2\COc3ccccc3C2=O)cc1. The van der Waals surface area contributed by atoms with E-state index in [1.165, 1.54) is 0 Å². The molecule has 25 heavy (non-hydrogen) atoms. The second-order valence-electron chi connectivity index (χ2n) is 6.36. The molecule has 2 aromatic rings. The summed E-state index contributed by atoms with van der Waals surface area (Å²) >= 11 is 0. The summed E-state index contributed by atoms with van der Waals surface area (Å²) in [6.45, 7) is 2.01. The van der Waals surface area contributed by atoms with Crippen molar-refractivity contribution in [3.63, 3.8) is 0 Å². The Morgan fingerprint density at radius 1 is 1.12 bits per heavy atom. The highest BCUT2D eigenvalue weighted by Crippen LogP contribution is 2.27. The summed E-state index contributed by atoms with van der Waals surface area (Å²) in [7, 11) is 4.11. The zero-order valence-corrected chi connectivity index (χ0v) is 14.7. The number of benzene rings is 2. The van der Waals surface area contributed by atoms with Crippen molar-refractivity contribution in [1.29, 1.82) is 0 Å². The third kappa shape index (κ3) is 4.48. The molecule has 0 N–H and O–H groups in total. The molecule has 1 heterocycles. The minimum atomic E-state index is 0.0332. The quantitative estimate of drug-likeness (QED) is 0.595. The summed E-state index contributed by atoms with van der Waals surface area (Å²) in [6, 6.07) is 15.1. The Labute approximate surface area is 148 Å². The molecule has 1 aliphatic heterocycles. The molecule has 0 bridgehead atoms. The van der Waals surface area contributed by atoms with Gasteiger partial charge in [0, 0.05) is 12.1 Å². The van der Waals surface area contributed by atoms with Crippen LogP contribution in [0.3, 0.4) is 0 Å². The zero-order chi connectivity index (χ0) is 17.6. The number of hydrogen-bond acceptors (Lipinski definition) is 4. The van der Waals surface area contributed by atoms with Crippen LogP contribution in [-0.4, -0.2) is 44.5 Å². The first-order chi connectivity index (χ1) is 12.1. The van der Waals surface area contributed by atoms with Crippen molar-refractivity contribution in [3.8, 4) is 11.5 Å². The van der Waals surface area contributed by atoms with Gasteiger partial charge in [0.25, 0.3) is 0 Å². The second-order valence-corrected chi connectivity index (χ2v) is 6.36. The van der Waals surface area contributed by atoms with Gasteiger partial charge in [-0.1, -0.05) is 24.3 Å². The van der Waals surface area contributed by atoms with Crippen LogP contribution in [0.15, 0.2) is 54.1 Å². The van der Waals surface area contributed by atoms with Gasteiger partial charge in [-0.05, 0) is 56.4 Å². The number of Topliss-reactive ketones (excluding diaryl/α,β-unsaturated/α-hetero) is 1. The molecule has 0 aromatic heterocycles. The molecule has 1 aliphatic rings. The number of rotatable bonds is 6. The molecule has 0 amide bonds. The molecule has 0 saturated carbocycles. The van der Waals surface area contributed by atoms with Gasteiger partial charge >= 0.3 is 0 Å². The summed E-state index contributed by atoms with van der Waals surface area (Å²) in [5, 5.41) is 0. The molecule has 130 valence electrons. The predicted octanol–water partition coefficient (Wildman–Crippen LogP) is 3.68. The van der Waals surface area contributed by atoms with Crippen molar-refractivity contribution in [2.75, 3.05) is 33.9 Å². The van der Waals surface area contributed by atoms with Gasteiger partial charge in [-0.25, -0.2) is 0 Å². The van der Waals surface area contributed by atoms with E-state index in [0.717, 1.165) is 24.3 Å². The summed E-state index contributed by atoms with van der Waals surface area (Å²) < 4.78 is 11.4. The Morgan fingerprint density at radius 3 is 2.64 bits per heavy atom. The molecule has 0 spiro atoms. The normalized spacial score (nSPS) is 15.2. The van der Waals surface area contributed by atoms with Crippen LogP contribution in [-0.2, 0) is 0 Å². The largest absolute Gasteiger partial charge is 0.494 e. The molecule has 2 aromatic carbocycles. The summed E-state index contributed by atoms with van der Waals surface area (Å²) in [5.74, 6) is 1.54. The number of carbonyl (C=O) groups is 1. The monoisotopic (exact) mass is 337 g/mol. The van der Waals surface area contributed by atoms with Crippen molar-refractivity contribution in [3.05, 3.63) is 65.2 Å². The van der Waals surface area contributed by atoms with Crippen LogP contribution >= 0.6 is 0 Å². The number of carbonyl (C=O) groups excluding carboxylic acids is 1. The fourth-order valence-electron chi connectivity index (χ4n) is 2.71. The van der Waals surface area contributed by atoms with Gasteiger partial charge in [0.2, 0.25) is 0 Å². The zero-order valence-electron chi connectivity index (χ0n) is 14.7. The van der Waals surface area contributed by atoms with Crippen LogP contribution in [0.25, 0.3) is 6.08 Å². The van der Waals surface area contributed by atoms with Crippen LogP contribution in [0.4, 0.5) is 0 Å². The van der Waals surface area contributed by atoms with Crippen molar-refractivity contribution >= 4 is 11.9 Å². The lowest BCUT2D eigenvalue weighted by molar-refractivity contribution is 0.100. The summed E-state index contributed by atoms with van der Waals surface area (Å²) in [6.07, 6.45) is 2.87. The van der Waals surface area contributed by atoms with E-state index < -0.39 is 0 Å². The third-order valence-electron chi connectivity index (χ3n) is 4.05. The van der Waals surface area contributed by atoms with Gasteiger partial charge in [-0.15, -0.1) is 0 Å². The molecular weight excluding hydrogens is 314 g/mol. The van der Waals surface area contributed by atoms with Crippen LogP contribution in [0.2, 0.25) is 0 Å². The van der Waals surface area contributed by atoms with Crippen LogP contribution in [0.5, 0.6) is 11.5 Å². The first-order valence-corrected chi connectivity index (χ1v) is 8.48. The molecule has 0 unspecified atom stereocenters. The highest BCUT2D eigenvalue weighted by atomic mass is 16.5. The fraction of sp³-hybridized carbons (Fsp3) is 0.286. The average Bonchev–Trinajstić information content (AvgIpc) is 2.62. The van der Waals surface area contributed by atoms with E-state index in [4.69, 9.17) is 9.47 Å². The summed E-state index contributed by atoms with van der Waals surface area (Å²) in [5.41, 5.74) is 2.26. The molecule has 4 nitrogen and oxygen atoms in total. The summed E-state index contributed by atoms with van der Waals surface area (Å²) in [4.78, 5) is 14.7. The van der Waals surface area contributed by atoms with Crippen LogP contribution in [0, 0.1) is 0 Å². The molecule has 0 atom stereocenters. The number of ether oxygens (including phenoxy) is 2. The number of para-hydroxylation sites is 1. The number of ketones is 1. The maximum absolute atomic E-state index is 12.5. The second kappa shape index (κ2) is 7.99. The van der Waals surface area contributed by atoms with Gasteiger partial charge in [0.05, 0.1) is 12.2 Å². The first kappa shape index (κ1) is 17.2. The number of fused-ring (bicyclic) bond motifs is 1. The van der Waals surface area contributed by atoms with E-state index in [1.54, 1.807) is 6.07 Å². The molecule has 4 heteroatoms. The molecule has 0 saturated heterocycles. The van der Waals surface area contributed by atoms with Gasteiger partial charge in [0.1, 0.15) is 18.1 Å². The minimum absolute atomic E-state index is 0.0332. The molecule has 0 aliphatic carbocycles. The third-order valence-corrected chi connectivity index (χ3v) is 4.05. The minimum Gasteiger partial charge on any atom is -0.494 e. The van der Waals surface area contributed by atoms with Crippen molar-refractivity contribution in [2.24, 2.45) is 0 Å². The predicted molar refractivity (Wildman–Crippen MR) is 99.4 cm³/mol. The Bertz CT molecular complexity index is 763. The smallest absolute Gasteiger partial charge is 0.196 e. The highest BCUT2D eigenvalue weighted by molar-refractivity contribution is 6.14. The molecular formula is C21H23NO3. The highest BCUT2D eigenvalue weighted by Gasteiger charge is 2.22. The van der Waals surface area contributed by atoms with E-state index >= 15 is 0 Å². The van der Waals surface area contributed by atoms with Gasteiger partial charge in [-0.3, -0.25) is 4.79 Å². The van der Waals surface area contributed by atoms with Crippen LogP contribution in [0.1, 0.15) is 22.3 Å².